The van der Waals surface area contributed by atoms with Gasteiger partial charge in [-0.15, -0.1) is 0 Å². The number of pyridine rings is 1. The molecule has 1 aliphatic heterocycles. The zero-order chi connectivity index (χ0) is 44.1. The number of esters is 1. The Labute approximate surface area is 351 Å². The molecule has 1 saturated heterocycles. The molecule has 5 rings (SSSR count). The number of aliphatic hydroxyl groups excluding tert-OH is 1. The van der Waals surface area contributed by atoms with Crippen molar-refractivity contribution in [3.63, 3.8) is 0 Å². The number of primary amides is 1. The molecule has 5 N–H and O–H groups in total. The Balaban J connectivity index is 0.000000731. The minimum absolute atomic E-state index is 0.0126. The van der Waals surface area contributed by atoms with Gasteiger partial charge in [0, 0.05) is 51.4 Å². The third-order valence-corrected chi connectivity index (χ3v) is 9.26. The number of aliphatic hydroxyl groups is 1. The second-order valence-electron chi connectivity index (χ2n) is 14.1. The highest BCUT2D eigenvalue weighted by Crippen LogP contribution is 2.30. The minimum Gasteiger partial charge on any atom is -0.480 e. The zero-order valence-electron chi connectivity index (χ0n) is 35.8. The first-order valence-electron chi connectivity index (χ1n) is 20.9. The number of carbonyl (C=O) groups excluding carboxylic acids is 5. The Kier molecular flexibility index (Phi) is 33.4. The van der Waals surface area contributed by atoms with Crippen LogP contribution in [0.15, 0.2) is 54.9 Å². The van der Waals surface area contributed by atoms with Crippen LogP contribution in [0.3, 0.4) is 0 Å². The van der Waals surface area contributed by atoms with E-state index in [1.165, 1.54) is 56.3 Å². The number of carbonyl (C=O) groups is 6. The van der Waals surface area contributed by atoms with Crippen molar-refractivity contribution in [2.45, 2.75) is 122 Å². The number of rotatable bonds is 16. The Morgan fingerprint density at radius 3 is 2.07 bits per heavy atom. The molecule has 3 fully saturated rings. The molecule has 0 bridgehead atoms. The minimum atomic E-state index is -0.969. The summed E-state index contributed by atoms with van der Waals surface area (Å²) in [6, 6.07) is 13.5. The van der Waals surface area contributed by atoms with Crippen LogP contribution < -0.4 is 11.1 Å². The quantitative estimate of drug-likeness (QED) is 0.0971. The number of likely N-dealkylation sites (N-methyl/N-ethyl adjacent to an activating group) is 1. The topological polar surface area (TPSA) is 219 Å². The van der Waals surface area contributed by atoms with Crippen LogP contribution in [-0.2, 0) is 44.8 Å². The molecular weight excluding hydrogens is 759 g/mol. The summed E-state index contributed by atoms with van der Waals surface area (Å²) < 4.78 is 10.6. The van der Waals surface area contributed by atoms with Crippen molar-refractivity contribution in [1.82, 2.24) is 20.1 Å². The molecule has 1 aromatic heterocycles. The molecule has 1 unspecified atom stereocenters. The summed E-state index contributed by atoms with van der Waals surface area (Å²) >= 11 is 0. The number of benzene rings is 1. The van der Waals surface area contributed by atoms with E-state index < -0.39 is 11.9 Å². The summed E-state index contributed by atoms with van der Waals surface area (Å²) in [6.45, 7) is 5.05. The SMILES string of the molecule is CC.CN(CC(=O)O)CC(=O)OCc1ccccc1.CN1C(=O)CCC1c1cccnc1.NC(=O)CCCOC1CCCCC1.O=CC1CCCCC1.O=CNCCO. The molecule has 15 nitrogen and oxygen atoms in total. The summed E-state index contributed by atoms with van der Waals surface area (Å²) in [5.41, 5.74) is 7.06. The van der Waals surface area contributed by atoms with Gasteiger partial charge in [-0.25, -0.2) is 0 Å². The summed E-state index contributed by atoms with van der Waals surface area (Å²) in [5, 5.41) is 18.8. The van der Waals surface area contributed by atoms with Crippen LogP contribution in [-0.4, -0.2) is 114 Å². The maximum absolute atomic E-state index is 11.4. The predicted molar refractivity (Wildman–Crippen MR) is 227 cm³/mol. The predicted octanol–water partition coefficient (Wildman–Crippen LogP) is 5.24. The Bertz CT molecular complexity index is 1390. The number of hydrogen-bond acceptors (Lipinski definition) is 11. The fourth-order valence-electron chi connectivity index (χ4n) is 6.18. The Hall–Kier alpha value is -4.73. The molecule has 0 radical (unpaired) electrons. The number of aliphatic carboxylic acids is 1. The van der Waals surface area contributed by atoms with Gasteiger partial charge < -0.3 is 40.4 Å². The lowest BCUT2D eigenvalue weighted by molar-refractivity contribution is -0.147. The number of nitrogens with zero attached hydrogens (tertiary/aromatic N) is 3. The number of ether oxygens (including phenoxy) is 2. The lowest BCUT2D eigenvalue weighted by Gasteiger charge is -2.21. The van der Waals surface area contributed by atoms with Gasteiger partial charge in [-0.05, 0) is 62.8 Å². The zero-order valence-corrected chi connectivity index (χ0v) is 35.8. The van der Waals surface area contributed by atoms with E-state index in [4.69, 9.17) is 25.4 Å². The molecule has 3 aliphatic rings. The van der Waals surface area contributed by atoms with Gasteiger partial charge in [0.15, 0.2) is 0 Å². The third kappa shape index (κ3) is 29.2. The highest BCUT2D eigenvalue weighted by Gasteiger charge is 2.28. The molecule has 2 saturated carbocycles. The van der Waals surface area contributed by atoms with Crippen molar-refractivity contribution in [3.05, 3.63) is 66.0 Å². The van der Waals surface area contributed by atoms with E-state index in [1.807, 2.05) is 69.6 Å². The van der Waals surface area contributed by atoms with E-state index in [0.717, 1.165) is 43.1 Å². The normalized spacial score (nSPS) is 16.0. The summed E-state index contributed by atoms with van der Waals surface area (Å²) in [4.78, 5) is 70.1. The fourth-order valence-corrected chi connectivity index (χ4v) is 6.18. The average molecular weight is 830 g/mol. The van der Waals surface area contributed by atoms with Crippen molar-refractivity contribution < 1.29 is 48.5 Å². The first-order valence-corrected chi connectivity index (χ1v) is 20.9. The van der Waals surface area contributed by atoms with Crippen LogP contribution >= 0.6 is 0 Å². The van der Waals surface area contributed by atoms with Crippen molar-refractivity contribution in [2.75, 3.05) is 46.9 Å². The third-order valence-electron chi connectivity index (χ3n) is 9.26. The van der Waals surface area contributed by atoms with Crippen LogP contribution in [0.5, 0.6) is 0 Å². The van der Waals surface area contributed by atoms with Gasteiger partial charge in [0.1, 0.15) is 12.9 Å². The molecule has 0 spiro atoms. The number of likely N-dealkylation sites (tertiary alicyclic amines) is 1. The smallest absolute Gasteiger partial charge is 0.320 e. The van der Waals surface area contributed by atoms with Crippen LogP contribution in [0.4, 0.5) is 0 Å². The summed E-state index contributed by atoms with van der Waals surface area (Å²) in [7, 11) is 3.41. The van der Waals surface area contributed by atoms with Gasteiger partial charge in [0.2, 0.25) is 18.2 Å². The standard InChI is InChI=1S/C12H15NO4.C10H12N2O.C10H19NO2.C7H12O.C3H7NO2.C2H6/c1-13(7-11(14)15)8-12(16)17-9-10-5-3-2-4-6-10;1-12-9(4-5-10(12)13)8-3-2-6-11-7-8;11-10(12)7-4-8-13-9-5-2-1-3-6-9;8-6-7-4-2-1-3-5-7;5-2-1-4-3-6;1-2/h2-6H,7-9H2,1H3,(H,14,15);2-3,6-7,9H,4-5H2,1H3;9H,1-8H2,(H2,11,12);6-7H,1-5H2;3,5H,1-2H2,(H,4,6);1-2H3. The number of carboxylic acids is 1. The first kappa shape index (κ1) is 54.3. The van der Waals surface area contributed by atoms with E-state index in [1.54, 1.807) is 18.1 Å². The number of nitrogens with two attached hydrogens (primary N) is 1. The van der Waals surface area contributed by atoms with E-state index in [0.29, 0.717) is 44.4 Å². The highest BCUT2D eigenvalue weighted by atomic mass is 16.5. The van der Waals surface area contributed by atoms with Crippen molar-refractivity contribution in [2.24, 2.45) is 11.7 Å². The van der Waals surface area contributed by atoms with E-state index >= 15 is 0 Å². The molecule has 332 valence electrons. The van der Waals surface area contributed by atoms with E-state index in [9.17, 15) is 28.8 Å². The number of aromatic nitrogens is 1. The molecule has 1 atom stereocenters. The largest absolute Gasteiger partial charge is 0.480 e. The Morgan fingerprint density at radius 1 is 0.949 bits per heavy atom. The maximum atomic E-state index is 11.4. The van der Waals surface area contributed by atoms with Crippen LogP contribution in [0, 0.1) is 5.92 Å². The molecule has 2 aromatic rings. The molecule has 2 heterocycles. The number of nitrogens with one attached hydrogen (secondary N) is 1. The van der Waals surface area contributed by atoms with Crippen molar-refractivity contribution >= 4 is 36.4 Å². The molecule has 3 amide bonds. The van der Waals surface area contributed by atoms with Crippen LogP contribution in [0.2, 0.25) is 0 Å². The van der Waals surface area contributed by atoms with Gasteiger partial charge in [-0.1, -0.05) is 88.8 Å². The lowest BCUT2D eigenvalue weighted by Crippen LogP contribution is -2.31. The number of aldehydes is 1. The molecule has 2 aliphatic carbocycles. The van der Waals surface area contributed by atoms with E-state index in [-0.39, 0.29) is 44.2 Å². The highest BCUT2D eigenvalue weighted by molar-refractivity contribution is 5.78. The first-order chi connectivity index (χ1) is 28.5. The summed E-state index contributed by atoms with van der Waals surface area (Å²) in [6.07, 6.45) is 21.0. The van der Waals surface area contributed by atoms with Gasteiger partial charge >= 0.3 is 11.9 Å². The average Bonchev–Trinajstić information content (AvgIpc) is 3.60. The van der Waals surface area contributed by atoms with Gasteiger partial charge in [-0.2, -0.15) is 0 Å². The van der Waals surface area contributed by atoms with Crippen molar-refractivity contribution in [1.29, 1.82) is 0 Å². The molecule has 1 aromatic carbocycles. The number of carboxylic acid groups (broad SMARTS) is 1. The second kappa shape index (κ2) is 36.4. The van der Waals surface area contributed by atoms with Crippen LogP contribution in [0.25, 0.3) is 0 Å². The second-order valence-corrected chi connectivity index (χ2v) is 14.1. The Morgan fingerprint density at radius 2 is 1.59 bits per heavy atom. The molecule has 59 heavy (non-hydrogen) atoms. The molecular formula is C44H71N5O10. The fraction of sp³-hybridized carbons (Fsp3) is 0.614. The van der Waals surface area contributed by atoms with Gasteiger partial charge in [0.05, 0.1) is 31.8 Å². The molecule has 15 heteroatoms. The lowest BCUT2D eigenvalue weighted by atomic mass is 9.91. The van der Waals surface area contributed by atoms with Gasteiger partial charge in [0.25, 0.3) is 0 Å². The van der Waals surface area contributed by atoms with Crippen LogP contribution in [0.1, 0.15) is 121 Å². The van der Waals surface area contributed by atoms with E-state index in [2.05, 4.69) is 10.3 Å². The van der Waals surface area contributed by atoms with Crippen molar-refractivity contribution in [3.8, 4) is 0 Å². The van der Waals surface area contributed by atoms with Gasteiger partial charge in [-0.3, -0.25) is 33.9 Å². The maximum Gasteiger partial charge on any atom is 0.320 e. The number of hydrogen-bond donors (Lipinski definition) is 4. The summed E-state index contributed by atoms with van der Waals surface area (Å²) in [5.74, 6) is -0.995. The monoisotopic (exact) mass is 830 g/mol. The number of amides is 3.